The standard InChI is InChI=1S/C27H23ClN6O7S3/c1-13-30-31-27(44-13)43-12-16-11-42-25-22(24(37)33(25)21(16)26(38)39)32(23(36)20(29)14-5-3-2-4-6-14)19(35)9-15-7-8-17(28)10-18(15)34(40)41/h2-8,10,20,22,25H,9,11-12,29H2,1H3,(H,38,39)/t20-,22?,25-/m1/s1. The van der Waals surface area contributed by atoms with Crippen molar-refractivity contribution in [3.63, 3.8) is 0 Å². The van der Waals surface area contributed by atoms with E-state index in [-0.39, 0.29) is 27.8 Å². The van der Waals surface area contributed by atoms with Gasteiger partial charge in [-0.3, -0.25) is 34.3 Å². The van der Waals surface area contributed by atoms with Gasteiger partial charge in [-0.15, -0.1) is 22.0 Å². The van der Waals surface area contributed by atoms with Gasteiger partial charge < -0.3 is 10.8 Å². The Labute approximate surface area is 267 Å². The molecule has 1 saturated heterocycles. The van der Waals surface area contributed by atoms with E-state index in [1.54, 1.807) is 37.3 Å². The van der Waals surface area contributed by atoms with Crippen LogP contribution >= 0.6 is 46.5 Å². The van der Waals surface area contributed by atoms with E-state index in [0.717, 1.165) is 20.9 Å². The first-order valence-electron chi connectivity index (χ1n) is 12.9. The number of nitro groups is 1. The van der Waals surface area contributed by atoms with Crippen molar-refractivity contribution in [3.05, 3.63) is 91.1 Å². The Morgan fingerprint density at radius 1 is 1.25 bits per heavy atom. The van der Waals surface area contributed by atoms with Crippen molar-refractivity contribution in [1.29, 1.82) is 0 Å². The number of aryl methyl sites for hydroxylation is 1. The van der Waals surface area contributed by atoms with E-state index >= 15 is 0 Å². The molecule has 2 aromatic carbocycles. The fourth-order valence-electron chi connectivity index (χ4n) is 4.84. The molecular weight excluding hydrogens is 652 g/mol. The molecule has 44 heavy (non-hydrogen) atoms. The Bertz CT molecular complexity index is 1700. The van der Waals surface area contributed by atoms with E-state index in [0.29, 0.717) is 15.5 Å². The quantitative estimate of drug-likeness (QED) is 0.138. The monoisotopic (exact) mass is 674 g/mol. The van der Waals surface area contributed by atoms with Crippen molar-refractivity contribution in [1.82, 2.24) is 20.0 Å². The molecule has 0 aliphatic carbocycles. The lowest BCUT2D eigenvalue weighted by atomic mass is 9.97. The summed E-state index contributed by atoms with van der Waals surface area (Å²) in [4.78, 5) is 66.5. The lowest BCUT2D eigenvalue weighted by Gasteiger charge is -2.52. The van der Waals surface area contributed by atoms with Gasteiger partial charge in [0.05, 0.1) is 11.3 Å². The van der Waals surface area contributed by atoms with Crippen LogP contribution in [0.3, 0.4) is 0 Å². The number of hydrogen-bond donors (Lipinski definition) is 2. The fourth-order valence-corrected chi connectivity index (χ4v) is 8.35. The molecule has 2 aliphatic rings. The Kier molecular flexibility index (Phi) is 9.36. The number of rotatable bonds is 10. The third kappa shape index (κ3) is 6.21. The van der Waals surface area contributed by atoms with Gasteiger partial charge in [-0.25, -0.2) is 4.79 Å². The molecule has 3 N–H and O–H groups in total. The van der Waals surface area contributed by atoms with Crippen LogP contribution in [0.25, 0.3) is 0 Å². The maximum atomic E-state index is 13.8. The summed E-state index contributed by atoms with van der Waals surface area (Å²) < 4.78 is 0.647. The van der Waals surface area contributed by atoms with E-state index in [1.807, 2.05) is 0 Å². The van der Waals surface area contributed by atoms with Crippen molar-refractivity contribution in [2.24, 2.45) is 5.73 Å². The maximum Gasteiger partial charge on any atom is 0.352 e. The van der Waals surface area contributed by atoms with Gasteiger partial charge in [0.25, 0.3) is 17.5 Å². The van der Waals surface area contributed by atoms with Crippen LogP contribution in [0.4, 0.5) is 5.69 Å². The largest absolute Gasteiger partial charge is 0.477 e. The molecule has 1 aromatic heterocycles. The Balaban J connectivity index is 1.47. The number of hydrogen-bond acceptors (Lipinski definition) is 12. The summed E-state index contributed by atoms with van der Waals surface area (Å²) in [5.74, 6) is -3.45. The van der Waals surface area contributed by atoms with Crippen LogP contribution in [0.15, 0.2) is 64.1 Å². The maximum absolute atomic E-state index is 13.8. The van der Waals surface area contributed by atoms with E-state index in [1.165, 1.54) is 47.0 Å². The van der Waals surface area contributed by atoms with Crippen LogP contribution < -0.4 is 5.73 Å². The van der Waals surface area contributed by atoms with Crippen LogP contribution in [0.2, 0.25) is 5.02 Å². The minimum Gasteiger partial charge on any atom is -0.477 e. The SMILES string of the molecule is Cc1nnc(SCC2=C(C(=O)O)N3C(=O)C(N(C(=O)Cc4ccc(Cl)cc4[N+](=O)[O-])C(=O)[C@H](N)c4ccccc4)[C@H]3SC2)s1. The average molecular weight is 675 g/mol. The predicted molar refractivity (Wildman–Crippen MR) is 164 cm³/mol. The van der Waals surface area contributed by atoms with Gasteiger partial charge in [0.2, 0.25) is 5.91 Å². The van der Waals surface area contributed by atoms with E-state index in [4.69, 9.17) is 17.3 Å². The number of carbonyl (C=O) groups is 4. The van der Waals surface area contributed by atoms with Crippen LogP contribution in [0.1, 0.15) is 22.2 Å². The number of fused-ring (bicyclic) bond motifs is 1. The molecule has 0 radical (unpaired) electrons. The number of nitrogens with zero attached hydrogens (tertiary/aromatic N) is 5. The highest BCUT2D eigenvalue weighted by Crippen LogP contribution is 2.44. The zero-order valence-corrected chi connectivity index (χ0v) is 26.0. The number of carboxylic acids is 1. The zero-order valence-electron chi connectivity index (χ0n) is 22.8. The lowest BCUT2D eigenvalue weighted by molar-refractivity contribution is -0.385. The van der Waals surface area contributed by atoms with Crippen molar-refractivity contribution < 1.29 is 29.2 Å². The number of amides is 3. The lowest BCUT2D eigenvalue weighted by Crippen LogP contribution is -2.73. The predicted octanol–water partition coefficient (Wildman–Crippen LogP) is 3.42. The number of halogens is 1. The van der Waals surface area contributed by atoms with Gasteiger partial charge in [0.15, 0.2) is 4.34 Å². The summed E-state index contributed by atoms with van der Waals surface area (Å²) in [7, 11) is 0. The highest BCUT2D eigenvalue weighted by atomic mass is 35.5. The van der Waals surface area contributed by atoms with Gasteiger partial charge in [0, 0.05) is 28.2 Å². The molecule has 0 bridgehead atoms. The fraction of sp³-hybridized carbons (Fsp3) is 0.259. The number of imide groups is 1. The Morgan fingerprint density at radius 3 is 2.61 bits per heavy atom. The summed E-state index contributed by atoms with van der Waals surface area (Å²) in [5.41, 5.74) is 6.47. The molecule has 1 unspecified atom stereocenters. The second-order valence-corrected chi connectivity index (χ2v) is 13.6. The summed E-state index contributed by atoms with van der Waals surface area (Å²) in [6.45, 7) is 1.80. The first-order valence-corrected chi connectivity index (χ1v) is 16.1. The van der Waals surface area contributed by atoms with Gasteiger partial charge >= 0.3 is 5.97 Å². The first-order chi connectivity index (χ1) is 21.0. The van der Waals surface area contributed by atoms with E-state index < -0.39 is 58.2 Å². The van der Waals surface area contributed by atoms with Crippen molar-refractivity contribution in [2.45, 2.75) is 35.1 Å². The second-order valence-electron chi connectivity index (χ2n) is 9.68. The molecule has 3 heterocycles. The normalized spacial score (nSPS) is 18.3. The van der Waals surface area contributed by atoms with Crippen molar-refractivity contribution >= 4 is 75.8 Å². The number of benzene rings is 2. The Morgan fingerprint density at radius 2 is 1.98 bits per heavy atom. The number of carboxylic acid groups (broad SMARTS) is 1. The number of aliphatic carboxylic acids is 1. The van der Waals surface area contributed by atoms with Gasteiger partial charge in [0.1, 0.15) is 28.2 Å². The van der Waals surface area contributed by atoms with Crippen LogP contribution in [0, 0.1) is 17.0 Å². The number of carbonyl (C=O) groups excluding carboxylic acids is 3. The smallest absolute Gasteiger partial charge is 0.352 e. The number of nitrogens with two attached hydrogens (primary N) is 1. The molecule has 3 atom stereocenters. The highest BCUT2D eigenvalue weighted by Gasteiger charge is 2.58. The number of β-lactam (4-membered cyclic amide) rings is 1. The molecule has 1 fully saturated rings. The van der Waals surface area contributed by atoms with Crippen LogP contribution in [-0.2, 0) is 25.6 Å². The van der Waals surface area contributed by atoms with Gasteiger partial charge in [-0.1, -0.05) is 71.1 Å². The topological polar surface area (TPSA) is 190 Å². The summed E-state index contributed by atoms with van der Waals surface area (Å²) in [6.07, 6.45) is -0.604. The minimum absolute atomic E-state index is 0.0206. The van der Waals surface area contributed by atoms with Crippen molar-refractivity contribution in [3.8, 4) is 0 Å². The summed E-state index contributed by atoms with van der Waals surface area (Å²) in [6, 6.07) is 9.26. The van der Waals surface area contributed by atoms with Gasteiger partial charge in [-0.2, -0.15) is 0 Å². The summed E-state index contributed by atoms with van der Waals surface area (Å²) >= 11 is 9.78. The molecule has 3 amide bonds. The molecule has 228 valence electrons. The molecule has 13 nitrogen and oxygen atoms in total. The highest BCUT2D eigenvalue weighted by molar-refractivity contribution is 8.01. The third-order valence-corrected chi connectivity index (χ3v) is 10.5. The van der Waals surface area contributed by atoms with Crippen LogP contribution in [-0.4, -0.2) is 76.6 Å². The number of nitro benzene ring substituents is 1. The van der Waals surface area contributed by atoms with Crippen LogP contribution in [0.5, 0.6) is 0 Å². The third-order valence-electron chi connectivity index (χ3n) is 6.89. The number of thioether (sulfide) groups is 2. The Hall–Kier alpha value is -3.83. The van der Waals surface area contributed by atoms with E-state index in [9.17, 15) is 34.4 Å². The molecule has 5 rings (SSSR count). The molecule has 3 aromatic rings. The molecular formula is C27H23ClN6O7S3. The average Bonchev–Trinajstić information content (AvgIpc) is 3.43. The molecule has 2 aliphatic heterocycles. The zero-order chi connectivity index (χ0) is 31.7. The number of aromatic nitrogens is 2. The van der Waals surface area contributed by atoms with E-state index in [2.05, 4.69) is 10.2 Å². The second kappa shape index (κ2) is 13.0. The molecule has 0 spiro atoms. The van der Waals surface area contributed by atoms with Crippen molar-refractivity contribution in [2.75, 3.05) is 11.5 Å². The van der Waals surface area contributed by atoms with Gasteiger partial charge in [-0.05, 0) is 24.1 Å². The first kappa shape index (κ1) is 31.6. The molecule has 0 saturated carbocycles. The minimum atomic E-state index is -1.38. The summed E-state index contributed by atoms with van der Waals surface area (Å²) in [5, 5.41) is 29.7. The molecule has 17 heteroatoms.